The van der Waals surface area contributed by atoms with Crippen LogP contribution in [-0.4, -0.2) is 51.5 Å². The summed E-state index contributed by atoms with van der Waals surface area (Å²) >= 11 is 6.16. The molecular formula is C14H21ClF2N2O2. The summed E-state index contributed by atoms with van der Waals surface area (Å²) < 4.78 is 30.0. The fourth-order valence-electron chi connectivity index (χ4n) is 1.92. The van der Waals surface area contributed by atoms with E-state index in [9.17, 15) is 8.78 Å². The second-order valence-corrected chi connectivity index (χ2v) is 4.92. The Kier molecular flexibility index (Phi) is 8.52. The summed E-state index contributed by atoms with van der Waals surface area (Å²) in [5.74, 6) is 0. The van der Waals surface area contributed by atoms with Crippen LogP contribution in [0, 0.1) is 0 Å². The average molecular weight is 323 g/mol. The molecule has 0 aromatic heterocycles. The molecule has 4 nitrogen and oxygen atoms in total. The highest BCUT2D eigenvalue weighted by Gasteiger charge is 2.15. The third-order valence-corrected chi connectivity index (χ3v) is 3.20. The zero-order valence-electron chi connectivity index (χ0n) is 12.0. The number of methoxy groups -OCH3 is 1. The minimum atomic E-state index is -2.48. The van der Waals surface area contributed by atoms with E-state index in [-0.39, 0.29) is 13.2 Å². The summed E-state index contributed by atoms with van der Waals surface area (Å²) in [7, 11) is 1.63. The summed E-state index contributed by atoms with van der Waals surface area (Å²) in [6.45, 7) is 1.42. The molecule has 0 heterocycles. The summed E-state index contributed by atoms with van der Waals surface area (Å²) in [5.41, 5.74) is 1.47. The van der Waals surface area contributed by atoms with Crippen LogP contribution in [-0.2, 0) is 11.3 Å². The van der Waals surface area contributed by atoms with Crippen LogP contribution in [0.4, 0.5) is 14.5 Å². The van der Waals surface area contributed by atoms with Crippen LogP contribution in [0.1, 0.15) is 5.56 Å². The molecule has 21 heavy (non-hydrogen) atoms. The van der Waals surface area contributed by atoms with Gasteiger partial charge in [-0.05, 0) is 17.7 Å². The SMILES string of the molecule is COCCNCc1ccc(N(CCO)CC(F)F)c(Cl)c1. The molecule has 0 unspecified atom stereocenters. The number of nitrogens with zero attached hydrogens (tertiary/aromatic N) is 1. The van der Waals surface area contributed by atoms with Crippen LogP contribution in [0.25, 0.3) is 0 Å². The fourth-order valence-corrected chi connectivity index (χ4v) is 2.24. The van der Waals surface area contributed by atoms with Crippen molar-refractivity contribution >= 4 is 17.3 Å². The summed E-state index contributed by atoms with van der Waals surface area (Å²) in [6.07, 6.45) is -2.48. The Balaban J connectivity index is 2.70. The van der Waals surface area contributed by atoms with E-state index in [4.69, 9.17) is 21.4 Å². The molecule has 0 aliphatic heterocycles. The Morgan fingerprint density at radius 3 is 2.76 bits per heavy atom. The minimum Gasteiger partial charge on any atom is -0.395 e. The van der Waals surface area contributed by atoms with Crippen LogP contribution in [0.3, 0.4) is 0 Å². The largest absolute Gasteiger partial charge is 0.395 e. The smallest absolute Gasteiger partial charge is 0.255 e. The van der Waals surface area contributed by atoms with E-state index in [2.05, 4.69) is 5.32 Å². The zero-order chi connectivity index (χ0) is 15.7. The van der Waals surface area contributed by atoms with Gasteiger partial charge in [-0.15, -0.1) is 0 Å². The average Bonchev–Trinajstić information content (AvgIpc) is 2.43. The van der Waals surface area contributed by atoms with E-state index in [1.54, 1.807) is 19.2 Å². The number of alkyl halides is 2. The Morgan fingerprint density at radius 2 is 2.19 bits per heavy atom. The number of hydrogen-bond acceptors (Lipinski definition) is 4. The van der Waals surface area contributed by atoms with Gasteiger partial charge in [0.2, 0.25) is 0 Å². The van der Waals surface area contributed by atoms with Gasteiger partial charge in [-0.3, -0.25) is 0 Å². The molecule has 0 bridgehead atoms. The van der Waals surface area contributed by atoms with Crippen molar-refractivity contribution < 1.29 is 18.6 Å². The van der Waals surface area contributed by atoms with Crippen LogP contribution < -0.4 is 10.2 Å². The maximum Gasteiger partial charge on any atom is 0.255 e. The first-order chi connectivity index (χ1) is 10.1. The monoisotopic (exact) mass is 322 g/mol. The van der Waals surface area contributed by atoms with Gasteiger partial charge in [0.15, 0.2) is 0 Å². The molecule has 120 valence electrons. The van der Waals surface area contributed by atoms with Crippen molar-refractivity contribution in [1.82, 2.24) is 5.32 Å². The van der Waals surface area contributed by atoms with Crippen molar-refractivity contribution in [1.29, 1.82) is 0 Å². The number of aliphatic hydroxyl groups excluding tert-OH is 1. The van der Waals surface area contributed by atoms with E-state index >= 15 is 0 Å². The number of anilines is 1. The van der Waals surface area contributed by atoms with E-state index in [1.807, 2.05) is 6.07 Å². The zero-order valence-corrected chi connectivity index (χ0v) is 12.7. The molecule has 1 aromatic carbocycles. The van der Waals surface area contributed by atoms with Gasteiger partial charge in [0.1, 0.15) is 0 Å². The van der Waals surface area contributed by atoms with Gasteiger partial charge in [0.05, 0.1) is 30.5 Å². The van der Waals surface area contributed by atoms with E-state index < -0.39 is 13.0 Å². The van der Waals surface area contributed by atoms with E-state index in [0.29, 0.717) is 23.9 Å². The van der Waals surface area contributed by atoms with E-state index in [1.165, 1.54) is 4.90 Å². The predicted molar refractivity (Wildman–Crippen MR) is 80.3 cm³/mol. The number of nitrogens with one attached hydrogen (secondary N) is 1. The van der Waals surface area contributed by atoms with Crippen molar-refractivity contribution in [3.8, 4) is 0 Å². The molecule has 0 spiro atoms. The lowest BCUT2D eigenvalue weighted by Crippen LogP contribution is -2.31. The van der Waals surface area contributed by atoms with Crippen LogP contribution in [0.5, 0.6) is 0 Å². The number of ether oxygens (including phenoxy) is 1. The van der Waals surface area contributed by atoms with Crippen molar-refractivity contribution in [2.75, 3.05) is 44.9 Å². The minimum absolute atomic E-state index is 0.121. The molecule has 0 saturated carbocycles. The second-order valence-electron chi connectivity index (χ2n) is 4.52. The van der Waals surface area contributed by atoms with Crippen molar-refractivity contribution in [2.24, 2.45) is 0 Å². The second kappa shape index (κ2) is 9.89. The van der Waals surface area contributed by atoms with Gasteiger partial charge in [-0.1, -0.05) is 17.7 Å². The molecule has 0 amide bonds. The molecule has 0 aliphatic rings. The van der Waals surface area contributed by atoms with Gasteiger partial charge >= 0.3 is 0 Å². The molecule has 0 aliphatic carbocycles. The van der Waals surface area contributed by atoms with Crippen molar-refractivity contribution in [3.63, 3.8) is 0 Å². The number of hydrogen-bond donors (Lipinski definition) is 2. The highest BCUT2D eigenvalue weighted by molar-refractivity contribution is 6.33. The lowest BCUT2D eigenvalue weighted by atomic mass is 10.2. The topological polar surface area (TPSA) is 44.7 Å². The van der Waals surface area contributed by atoms with E-state index in [0.717, 1.165) is 12.1 Å². The number of aliphatic hydroxyl groups is 1. The van der Waals surface area contributed by atoms with Crippen molar-refractivity contribution in [3.05, 3.63) is 28.8 Å². The molecule has 1 rings (SSSR count). The lowest BCUT2D eigenvalue weighted by molar-refractivity contribution is 0.153. The Morgan fingerprint density at radius 1 is 1.43 bits per heavy atom. The normalized spacial score (nSPS) is 11.1. The molecule has 7 heteroatoms. The summed E-state index contributed by atoms with van der Waals surface area (Å²) in [6, 6.07) is 5.27. The first kappa shape index (κ1) is 18.1. The molecule has 0 saturated heterocycles. The van der Waals surface area contributed by atoms with Gasteiger partial charge in [0, 0.05) is 26.7 Å². The molecule has 2 N–H and O–H groups in total. The third kappa shape index (κ3) is 6.56. The lowest BCUT2D eigenvalue weighted by Gasteiger charge is -2.25. The maximum absolute atomic E-state index is 12.6. The van der Waals surface area contributed by atoms with Crippen LogP contribution >= 0.6 is 11.6 Å². The third-order valence-electron chi connectivity index (χ3n) is 2.89. The first-order valence-corrected chi connectivity index (χ1v) is 7.08. The quantitative estimate of drug-likeness (QED) is 0.648. The summed E-state index contributed by atoms with van der Waals surface area (Å²) in [5, 5.41) is 12.5. The number of benzene rings is 1. The molecule has 0 atom stereocenters. The van der Waals surface area contributed by atoms with Crippen LogP contribution in [0.2, 0.25) is 5.02 Å². The fraction of sp³-hybridized carbons (Fsp3) is 0.571. The Hall–Kier alpha value is -0.950. The molecule has 0 fully saturated rings. The number of halogens is 3. The first-order valence-electron chi connectivity index (χ1n) is 6.70. The Labute approximate surface area is 128 Å². The van der Waals surface area contributed by atoms with Crippen LogP contribution in [0.15, 0.2) is 18.2 Å². The predicted octanol–water partition coefficient (Wildman–Crippen LogP) is 2.14. The van der Waals surface area contributed by atoms with Gasteiger partial charge in [-0.2, -0.15) is 0 Å². The van der Waals surface area contributed by atoms with Crippen molar-refractivity contribution in [2.45, 2.75) is 13.0 Å². The van der Waals surface area contributed by atoms with Gasteiger partial charge in [-0.25, -0.2) is 8.78 Å². The highest BCUT2D eigenvalue weighted by atomic mass is 35.5. The molecule has 1 aromatic rings. The summed E-state index contributed by atoms with van der Waals surface area (Å²) in [4.78, 5) is 1.38. The van der Waals surface area contributed by atoms with Gasteiger partial charge < -0.3 is 20.1 Å². The maximum atomic E-state index is 12.6. The number of rotatable bonds is 10. The standard InChI is InChI=1S/C14H21ClF2N2O2/c1-21-7-4-18-9-11-2-3-13(12(15)8-11)19(5-6-20)10-14(16)17/h2-3,8,14,18,20H,4-7,9-10H2,1H3. The molecular weight excluding hydrogens is 302 g/mol. The Bertz CT molecular complexity index is 422. The highest BCUT2D eigenvalue weighted by Crippen LogP contribution is 2.27. The molecule has 0 radical (unpaired) electrons. The van der Waals surface area contributed by atoms with Gasteiger partial charge in [0.25, 0.3) is 6.43 Å².